The zero-order valence-electron chi connectivity index (χ0n) is 14.5. The lowest BCUT2D eigenvalue weighted by Gasteiger charge is -2.42. The highest BCUT2D eigenvalue weighted by atomic mass is 32.2. The van der Waals surface area contributed by atoms with Gasteiger partial charge >= 0.3 is 5.97 Å². The molecule has 0 spiro atoms. The molecule has 2 heterocycles. The van der Waals surface area contributed by atoms with Gasteiger partial charge in [0.15, 0.2) is 0 Å². The second kappa shape index (κ2) is 7.02. The van der Waals surface area contributed by atoms with E-state index in [0.717, 1.165) is 15.4 Å². The number of carbonyl (C=O) groups is 1. The monoisotopic (exact) mass is 392 g/mol. The molecule has 1 aliphatic rings. The summed E-state index contributed by atoms with van der Waals surface area (Å²) >= 11 is 1.48. The number of rotatable bonds is 4. The van der Waals surface area contributed by atoms with E-state index in [0.29, 0.717) is 5.75 Å². The number of thioether (sulfide) groups is 1. The van der Waals surface area contributed by atoms with Crippen LogP contribution in [0.2, 0.25) is 0 Å². The third kappa shape index (κ3) is 3.49. The van der Waals surface area contributed by atoms with E-state index in [-0.39, 0.29) is 11.4 Å². The van der Waals surface area contributed by atoms with Crippen molar-refractivity contribution in [2.24, 2.45) is 0 Å². The van der Waals surface area contributed by atoms with E-state index in [4.69, 9.17) is 0 Å². The molecule has 1 atom stereocenters. The van der Waals surface area contributed by atoms with Crippen LogP contribution in [0.3, 0.4) is 0 Å². The molecule has 0 bridgehead atoms. The summed E-state index contributed by atoms with van der Waals surface area (Å²) in [6.07, 6.45) is 3.34. The van der Waals surface area contributed by atoms with Crippen molar-refractivity contribution < 1.29 is 18.3 Å². The molecule has 1 fully saturated rings. The van der Waals surface area contributed by atoms with Crippen LogP contribution in [0, 0.1) is 0 Å². The van der Waals surface area contributed by atoms with Crippen LogP contribution in [0.4, 0.5) is 0 Å². The van der Waals surface area contributed by atoms with E-state index in [1.165, 1.54) is 23.9 Å². The average Bonchev–Trinajstić information content (AvgIpc) is 2.61. The Morgan fingerprint density at radius 3 is 2.31 bits per heavy atom. The van der Waals surface area contributed by atoms with Crippen LogP contribution >= 0.6 is 11.8 Å². The van der Waals surface area contributed by atoms with Crippen LogP contribution in [0.25, 0.3) is 11.1 Å². The molecule has 6 nitrogen and oxygen atoms in total. The fourth-order valence-corrected chi connectivity index (χ4v) is 6.23. The van der Waals surface area contributed by atoms with E-state index in [1.54, 1.807) is 38.4 Å². The summed E-state index contributed by atoms with van der Waals surface area (Å²) in [7, 11) is -3.90. The number of aliphatic carboxylic acids is 1. The molecule has 138 valence electrons. The number of aromatic nitrogens is 1. The number of nitrogens with zero attached hydrogens (tertiary/aromatic N) is 2. The van der Waals surface area contributed by atoms with Gasteiger partial charge in [-0.15, -0.1) is 0 Å². The van der Waals surface area contributed by atoms with Crippen molar-refractivity contribution in [2.45, 2.75) is 29.5 Å². The first-order chi connectivity index (χ1) is 12.2. The molecule has 1 aromatic carbocycles. The third-order valence-corrected chi connectivity index (χ3v) is 7.67. The second-order valence-electron chi connectivity index (χ2n) is 6.57. The minimum Gasteiger partial charge on any atom is -0.480 e. The molecule has 1 aliphatic heterocycles. The van der Waals surface area contributed by atoms with E-state index in [9.17, 15) is 18.3 Å². The normalized spacial score (nSPS) is 20.6. The second-order valence-corrected chi connectivity index (χ2v) is 10.2. The Hall–Kier alpha value is -1.90. The maximum absolute atomic E-state index is 13.1. The zero-order chi connectivity index (χ0) is 18.9. The zero-order valence-corrected chi connectivity index (χ0v) is 16.1. The fourth-order valence-electron chi connectivity index (χ4n) is 3.13. The van der Waals surface area contributed by atoms with Crippen LogP contribution in [0.15, 0.2) is 53.7 Å². The van der Waals surface area contributed by atoms with Crippen LogP contribution in [0.5, 0.6) is 0 Å². The van der Waals surface area contributed by atoms with Gasteiger partial charge in [0, 0.05) is 29.4 Å². The Morgan fingerprint density at radius 1 is 1.15 bits per heavy atom. The molecule has 3 rings (SSSR count). The molecule has 1 N–H and O–H groups in total. The largest absolute Gasteiger partial charge is 0.480 e. The molecule has 2 aromatic rings. The minimum atomic E-state index is -3.90. The van der Waals surface area contributed by atoms with Crippen molar-refractivity contribution >= 4 is 27.8 Å². The van der Waals surface area contributed by atoms with Gasteiger partial charge in [-0.3, -0.25) is 9.78 Å². The molecule has 0 radical (unpaired) electrons. The summed E-state index contributed by atoms with van der Waals surface area (Å²) < 4.78 is 26.6. The first-order valence-corrected chi connectivity index (χ1v) is 10.5. The number of sulfonamides is 1. The number of carboxylic acids is 1. The minimum absolute atomic E-state index is 0.101. The number of hydrogen-bond acceptors (Lipinski definition) is 5. The molecule has 0 aliphatic carbocycles. The highest BCUT2D eigenvalue weighted by Crippen LogP contribution is 2.38. The van der Waals surface area contributed by atoms with Gasteiger partial charge in [0.25, 0.3) is 0 Å². The molecule has 0 amide bonds. The smallest absolute Gasteiger partial charge is 0.323 e. The Labute approximate surface area is 157 Å². The first kappa shape index (κ1) is 18.9. The summed E-state index contributed by atoms with van der Waals surface area (Å²) in [6, 6.07) is 9.08. The topological polar surface area (TPSA) is 87.6 Å². The van der Waals surface area contributed by atoms with Gasteiger partial charge in [-0.25, -0.2) is 8.42 Å². The fraction of sp³-hybridized carbons (Fsp3) is 0.333. The summed E-state index contributed by atoms with van der Waals surface area (Å²) in [4.78, 5) is 15.8. The van der Waals surface area contributed by atoms with E-state index in [2.05, 4.69) is 4.98 Å². The first-order valence-electron chi connectivity index (χ1n) is 8.12. The van der Waals surface area contributed by atoms with Gasteiger partial charge in [-0.1, -0.05) is 12.1 Å². The number of pyridine rings is 1. The number of benzene rings is 1. The maximum atomic E-state index is 13.1. The van der Waals surface area contributed by atoms with E-state index in [1.807, 2.05) is 12.1 Å². The van der Waals surface area contributed by atoms with Gasteiger partial charge in [0.1, 0.15) is 6.04 Å². The molecular formula is C18H20N2O4S2. The molecular weight excluding hydrogens is 372 g/mol. The van der Waals surface area contributed by atoms with Crippen LogP contribution in [-0.2, 0) is 14.8 Å². The SMILES string of the molecule is CC1(C)SCCN(S(=O)(=O)c2ccc(-c3ccncc3)cc2)C1C(=O)O. The quantitative estimate of drug-likeness (QED) is 0.861. The average molecular weight is 393 g/mol. The highest BCUT2D eigenvalue weighted by molar-refractivity contribution is 8.00. The summed E-state index contributed by atoms with van der Waals surface area (Å²) in [5.41, 5.74) is 1.80. The van der Waals surface area contributed by atoms with Crippen LogP contribution < -0.4 is 0 Å². The van der Waals surface area contributed by atoms with Crippen molar-refractivity contribution in [3.05, 3.63) is 48.8 Å². The van der Waals surface area contributed by atoms with Crippen LogP contribution in [0.1, 0.15) is 13.8 Å². The lowest BCUT2D eigenvalue weighted by atomic mass is 10.0. The summed E-state index contributed by atoms with van der Waals surface area (Å²) in [6.45, 7) is 3.72. The molecule has 8 heteroatoms. The van der Waals surface area contributed by atoms with E-state index >= 15 is 0 Å². The lowest BCUT2D eigenvalue weighted by Crippen LogP contribution is -2.58. The Bertz CT molecular complexity index is 897. The van der Waals surface area contributed by atoms with Gasteiger partial charge in [-0.2, -0.15) is 16.1 Å². The van der Waals surface area contributed by atoms with Crippen molar-refractivity contribution in [3.63, 3.8) is 0 Å². The van der Waals surface area contributed by atoms with Gasteiger partial charge < -0.3 is 5.11 Å². The summed E-state index contributed by atoms with van der Waals surface area (Å²) in [5, 5.41) is 9.62. The summed E-state index contributed by atoms with van der Waals surface area (Å²) in [5.74, 6) is -0.565. The van der Waals surface area contributed by atoms with E-state index < -0.39 is 26.8 Å². The van der Waals surface area contributed by atoms with Crippen molar-refractivity contribution in [1.82, 2.24) is 9.29 Å². The Morgan fingerprint density at radius 2 is 1.73 bits per heavy atom. The Kier molecular flexibility index (Phi) is 5.09. The number of carboxylic acid groups (broad SMARTS) is 1. The standard InChI is InChI=1S/C18H20N2O4S2/c1-18(2)16(17(21)22)20(11-12-25-18)26(23,24)15-5-3-13(4-6-15)14-7-9-19-10-8-14/h3-10,16H,11-12H2,1-2H3,(H,21,22). The van der Waals surface area contributed by atoms with Gasteiger partial charge in [0.05, 0.1) is 4.90 Å². The number of hydrogen-bond donors (Lipinski definition) is 1. The molecule has 0 saturated carbocycles. The molecule has 1 saturated heterocycles. The third-order valence-electron chi connectivity index (χ3n) is 4.44. The van der Waals surface area contributed by atoms with Gasteiger partial charge in [-0.05, 0) is 49.2 Å². The van der Waals surface area contributed by atoms with Crippen molar-refractivity contribution in [3.8, 4) is 11.1 Å². The Balaban J connectivity index is 1.96. The van der Waals surface area contributed by atoms with Gasteiger partial charge in [0.2, 0.25) is 10.0 Å². The maximum Gasteiger partial charge on any atom is 0.323 e. The highest BCUT2D eigenvalue weighted by Gasteiger charge is 2.48. The van der Waals surface area contributed by atoms with Crippen LogP contribution in [-0.4, -0.2) is 51.9 Å². The molecule has 1 aromatic heterocycles. The molecule has 26 heavy (non-hydrogen) atoms. The van der Waals surface area contributed by atoms with Crippen molar-refractivity contribution in [1.29, 1.82) is 0 Å². The molecule has 1 unspecified atom stereocenters. The predicted octanol–water partition coefficient (Wildman–Crippen LogP) is 2.72. The lowest BCUT2D eigenvalue weighted by molar-refractivity contribution is -0.142. The predicted molar refractivity (Wildman–Crippen MR) is 102 cm³/mol. The van der Waals surface area contributed by atoms with Crippen molar-refractivity contribution in [2.75, 3.05) is 12.3 Å².